The van der Waals surface area contributed by atoms with Gasteiger partial charge in [-0.05, 0) is 31.4 Å². The van der Waals surface area contributed by atoms with Gasteiger partial charge in [0.15, 0.2) is 5.13 Å². The summed E-state index contributed by atoms with van der Waals surface area (Å²) >= 11 is 1.46. The van der Waals surface area contributed by atoms with Crippen molar-refractivity contribution in [2.75, 3.05) is 11.9 Å². The zero-order valence-electron chi connectivity index (χ0n) is 15.5. The first-order valence-electron chi connectivity index (χ1n) is 8.90. The van der Waals surface area contributed by atoms with Crippen LogP contribution in [0.2, 0.25) is 0 Å². The minimum absolute atomic E-state index is 0.000773. The molecule has 3 aromatic heterocycles. The first-order chi connectivity index (χ1) is 13.0. The molecule has 0 radical (unpaired) electrons. The van der Waals surface area contributed by atoms with Gasteiger partial charge in [0.1, 0.15) is 0 Å². The number of amides is 1. The predicted molar refractivity (Wildman–Crippen MR) is 105 cm³/mol. The van der Waals surface area contributed by atoms with E-state index in [0.29, 0.717) is 11.7 Å². The number of hydrogen-bond donors (Lipinski definition) is 2. The average molecular weight is 383 g/mol. The third-order valence-electron chi connectivity index (χ3n) is 4.67. The summed E-state index contributed by atoms with van der Waals surface area (Å²) in [6.07, 6.45) is 2.63. The number of rotatable bonds is 4. The van der Waals surface area contributed by atoms with Crippen molar-refractivity contribution in [2.24, 2.45) is 0 Å². The molecule has 1 unspecified atom stereocenters. The highest BCUT2D eigenvalue weighted by molar-refractivity contribution is 7.19. The third kappa shape index (κ3) is 3.15. The fraction of sp³-hybridized carbons (Fsp3) is 0.368. The lowest BCUT2D eigenvalue weighted by molar-refractivity contribution is -0.114. The Labute approximate surface area is 161 Å². The molecule has 1 aliphatic carbocycles. The van der Waals surface area contributed by atoms with Gasteiger partial charge in [-0.15, -0.1) is 0 Å². The van der Waals surface area contributed by atoms with Gasteiger partial charge in [-0.3, -0.25) is 14.5 Å². The molecule has 1 amide bonds. The second-order valence-corrected chi connectivity index (χ2v) is 7.83. The van der Waals surface area contributed by atoms with E-state index in [-0.39, 0.29) is 18.4 Å². The summed E-state index contributed by atoms with van der Waals surface area (Å²) in [5.41, 5.74) is 5.94. The quantitative estimate of drug-likeness (QED) is 0.722. The zero-order chi connectivity index (χ0) is 19.1. The van der Waals surface area contributed by atoms with Gasteiger partial charge < -0.3 is 10.4 Å². The molecule has 0 saturated heterocycles. The third-order valence-corrected chi connectivity index (χ3v) is 5.69. The van der Waals surface area contributed by atoms with Crippen molar-refractivity contribution in [1.29, 1.82) is 0 Å². The lowest BCUT2D eigenvalue weighted by Gasteiger charge is -2.20. The summed E-state index contributed by atoms with van der Waals surface area (Å²) in [7, 11) is 0. The molecule has 27 heavy (non-hydrogen) atoms. The standard InChI is InChI=1S/C19H21N5O2S/c1-10-8-14-18(27-19(22-14)21-12(3)26)17-15(10)16(23-24(17)6-7-25)13-5-4-11(2)20-9-13/h4-5,9-10,25H,6-8H2,1-3H3,(H,21,22,26). The van der Waals surface area contributed by atoms with Crippen LogP contribution in [0.3, 0.4) is 0 Å². The van der Waals surface area contributed by atoms with E-state index in [1.165, 1.54) is 18.3 Å². The predicted octanol–water partition coefficient (Wildman–Crippen LogP) is 2.99. The molecule has 0 fully saturated rings. The molecule has 0 spiro atoms. The van der Waals surface area contributed by atoms with E-state index in [1.807, 2.05) is 29.9 Å². The van der Waals surface area contributed by atoms with Crippen LogP contribution in [0.25, 0.3) is 21.8 Å². The molecule has 0 aliphatic heterocycles. The second-order valence-electron chi connectivity index (χ2n) is 6.83. The van der Waals surface area contributed by atoms with Gasteiger partial charge in [0.2, 0.25) is 5.91 Å². The zero-order valence-corrected chi connectivity index (χ0v) is 16.3. The normalized spacial score (nSPS) is 15.3. The number of aliphatic hydroxyl groups excluding tert-OH is 1. The molecule has 0 bridgehead atoms. The van der Waals surface area contributed by atoms with Crippen LogP contribution in [-0.4, -0.2) is 37.4 Å². The topological polar surface area (TPSA) is 92.9 Å². The van der Waals surface area contributed by atoms with Gasteiger partial charge in [0, 0.05) is 29.9 Å². The molecule has 3 aromatic rings. The number of carbonyl (C=O) groups excluding carboxylic acids is 1. The molecule has 140 valence electrons. The number of nitrogens with zero attached hydrogens (tertiary/aromatic N) is 4. The Morgan fingerprint density at radius 3 is 2.93 bits per heavy atom. The monoisotopic (exact) mass is 383 g/mol. The van der Waals surface area contributed by atoms with Crippen LogP contribution in [0, 0.1) is 6.92 Å². The maximum Gasteiger partial charge on any atom is 0.223 e. The summed E-state index contributed by atoms with van der Waals surface area (Å²) in [6.45, 7) is 6.00. The number of pyridine rings is 1. The van der Waals surface area contributed by atoms with Crippen LogP contribution in [0.1, 0.15) is 36.7 Å². The van der Waals surface area contributed by atoms with Gasteiger partial charge in [0.25, 0.3) is 0 Å². The summed E-state index contributed by atoms with van der Waals surface area (Å²) in [6, 6.07) is 4.01. The smallest absolute Gasteiger partial charge is 0.223 e. The second kappa shape index (κ2) is 6.86. The number of thiazole rings is 1. The van der Waals surface area contributed by atoms with Crippen molar-refractivity contribution in [3.63, 3.8) is 0 Å². The van der Waals surface area contributed by atoms with Crippen LogP contribution in [0.5, 0.6) is 0 Å². The Kier molecular flexibility index (Phi) is 4.53. The van der Waals surface area contributed by atoms with Crippen molar-refractivity contribution < 1.29 is 9.90 Å². The van der Waals surface area contributed by atoms with Crippen molar-refractivity contribution in [2.45, 2.75) is 39.7 Å². The van der Waals surface area contributed by atoms with Gasteiger partial charge in [-0.25, -0.2) is 4.98 Å². The highest BCUT2D eigenvalue weighted by atomic mass is 32.1. The molecule has 2 N–H and O–H groups in total. The highest BCUT2D eigenvalue weighted by Gasteiger charge is 2.33. The van der Waals surface area contributed by atoms with Crippen molar-refractivity contribution in [1.82, 2.24) is 19.7 Å². The Hall–Kier alpha value is -2.58. The number of carbonyl (C=O) groups is 1. The minimum Gasteiger partial charge on any atom is -0.394 e. The van der Waals surface area contributed by atoms with E-state index >= 15 is 0 Å². The van der Waals surface area contributed by atoms with Crippen molar-refractivity contribution >= 4 is 22.4 Å². The number of aryl methyl sites for hydroxylation is 1. The van der Waals surface area contributed by atoms with E-state index in [9.17, 15) is 9.90 Å². The van der Waals surface area contributed by atoms with Crippen LogP contribution in [0.4, 0.5) is 5.13 Å². The van der Waals surface area contributed by atoms with Gasteiger partial charge in [-0.1, -0.05) is 18.3 Å². The van der Waals surface area contributed by atoms with Crippen molar-refractivity contribution in [3.8, 4) is 21.8 Å². The Morgan fingerprint density at radius 2 is 2.26 bits per heavy atom. The number of aromatic nitrogens is 4. The fourth-order valence-corrected chi connectivity index (χ4v) is 4.63. The molecule has 7 nitrogen and oxygen atoms in total. The minimum atomic E-state index is -0.135. The van der Waals surface area contributed by atoms with Gasteiger partial charge in [0.05, 0.1) is 35.1 Å². The van der Waals surface area contributed by atoms with Crippen molar-refractivity contribution in [3.05, 3.63) is 35.3 Å². The maximum atomic E-state index is 11.4. The van der Waals surface area contributed by atoms with E-state index in [2.05, 4.69) is 22.2 Å². The molecular weight excluding hydrogens is 362 g/mol. The van der Waals surface area contributed by atoms with Gasteiger partial charge >= 0.3 is 0 Å². The van der Waals surface area contributed by atoms with E-state index in [0.717, 1.165) is 45.2 Å². The number of anilines is 1. The Morgan fingerprint density at radius 1 is 1.44 bits per heavy atom. The van der Waals surface area contributed by atoms with Crippen LogP contribution < -0.4 is 5.32 Å². The first kappa shape index (κ1) is 17.8. The molecule has 0 aromatic carbocycles. The fourth-order valence-electron chi connectivity index (χ4n) is 3.53. The van der Waals surface area contributed by atoms with E-state index < -0.39 is 0 Å². The molecule has 0 saturated carbocycles. The largest absolute Gasteiger partial charge is 0.394 e. The molecule has 4 rings (SSSR count). The SMILES string of the molecule is CC(=O)Nc1nc2c(s1)-c1c(c(-c3ccc(C)nc3)nn1CCO)C(C)C2. The Bertz CT molecular complexity index is 1010. The molecule has 1 atom stereocenters. The van der Waals surface area contributed by atoms with Crippen LogP contribution in [-0.2, 0) is 17.8 Å². The molecule has 1 aliphatic rings. The number of hydrogen-bond acceptors (Lipinski definition) is 6. The molecule has 8 heteroatoms. The summed E-state index contributed by atoms with van der Waals surface area (Å²) in [5.74, 6) is 0.0909. The molecule has 3 heterocycles. The highest BCUT2D eigenvalue weighted by Crippen LogP contribution is 2.47. The maximum absolute atomic E-state index is 11.4. The average Bonchev–Trinajstić information content (AvgIpc) is 3.17. The Balaban J connectivity index is 1.90. The lowest BCUT2D eigenvalue weighted by Crippen LogP contribution is -2.11. The van der Waals surface area contributed by atoms with Crippen LogP contribution >= 0.6 is 11.3 Å². The van der Waals surface area contributed by atoms with Gasteiger partial charge in [-0.2, -0.15) is 5.10 Å². The summed E-state index contributed by atoms with van der Waals surface area (Å²) in [4.78, 5) is 21.4. The summed E-state index contributed by atoms with van der Waals surface area (Å²) in [5, 5.41) is 17.7. The molecular formula is C19H21N5O2S. The first-order valence-corrected chi connectivity index (χ1v) is 9.71. The number of aliphatic hydroxyl groups is 1. The number of nitrogens with one attached hydrogen (secondary N) is 1. The van der Waals surface area contributed by atoms with Crippen LogP contribution in [0.15, 0.2) is 18.3 Å². The summed E-state index contributed by atoms with van der Waals surface area (Å²) < 4.78 is 1.86. The van der Waals surface area contributed by atoms with E-state index in [1.54, 1.807) is 0 Å². The van der Waals surface area contributed by atoms with E-state index in [4.69, 9.17) is 5.10 Å². The number of fused-ring (bicyclic) bond motifs is 3. The lowest BCUT2D eigenvalue weighted by atomic mass is 9.86.